The molecule has 3 aromatic heterocycles. The van der Waals surface area contributed by atoms with Crippen molar-refractivity contribution >= 4 is 23.4 Å². The first-order chi connectivity index (χ1) is 20.8. The molecule has 1 atom stereocenters. The van der Waals surface area contributed by atoms with E-state index in [9.17, 15) is 18.8 Å². The van der Waals surface area contributed by atoms with Crippen LogP contribution in [0.1, 0.15) is 48.7 Å². The zero-order chi connectivity index (χ0) is 30.1. The van der Waals surface area contributed by atoms with Crippen molar-refractivity contribution in [1.82, 2.24) is 19.7 Å². The molecule has 1 unspecified atom stereocenters. The van der Waals surface area contributed by atoms with E-state index < -0.39 is 12.5 Å². The Morgan fingerprint density at radius 1 is 1.16 bits per heavy atom. The lowest BCUT2D eigenvalue weighted by atomic mass is 9.95. The zero-order valence-corrected chi connectivity index (χ0v) is 23.8. The molecule has 0 aliphatic heterocycles. The van der Waals surface area contributed by atoms with Gasteiger partial charge < -0.3 is 9.72 Å². The summed E-state index contributed by atoms with van der Waals surface area (Å²) in [7, 11) is 1.31. The van der Waals surface area contributed by atoms with Crippen LogP contribution in [0.25, 0.3) is 28.1 Å². The molecule has 5 aromatic rings. The van der Waals surface area contributed by atoms with Gasteiger partial charge in [0.05, 0.1) is 42.0 Å². The highest BCUT2D eigenvalue weighted by Crippen LogP contribution is 2.41. The summed E-state index contributed by atoms with van der Waals surface area (Å²) in [6.45, 7) is 0. The van der Waals surface area contributed by atoms with Crippen molar-refractivity contribution in [1.29, 1.82) is 0 Å². The van der Waals surface area contributed by atoms with Gasteiger partial charge in [-0.1, -0.05) is 36.6 Å². The van der Waals surface area contributed by atoms with E-state index in [1.54, 1.807) is 42.7 Å². The SMILES string of the molecule is COC(=O)Nc1ccc(-c2cnc(C(CC3CC3)c3ccc(-c4cc(Cl)ccc4-n4cc(C(F)F)cn4)c[n+]3O)[nH]2)cc1. The van der Waals surface area contributed by atoms with Crippen LogP contribution in [0.5, 0.6) is 0 Å². The van der Waals surface area contributed by atoms with Crippen LogP contribution < -0.4 is 10.0 Å². The number of carbonyl (C=O) groups is 1. The molecule has 1 aliphatic rings. The predicted molar refractivity (Wildman–Crippen MR) is 156 cm³/mol. The van der Waals surface area contributed by atoms with Crippen LogP contribution in [0.3, 0.4) is 0 Å². The van der Waals surface area contributed by atoms with Gasteiger partial charge in [0.25, 0.3) is 6.43 Å². The van der Waals surface area contributed by atoms with Crippen LogP contribution in [0, 0.1) is 5.92 Å². The average Bonchev–Trinajstić information content (AvgIpc) is 3.46. The number of nitrogens with zero attached hydrogens (tertiary/aromatic N) is 4. The number of alkyl halides is 2. The largest absolute Gasteiger partial charge is 0.453 e. The average molecular weight is 606 g/mol. The summed E-state index contributed by atoms with van der Waals surface area (Å²) in [5.41, 5.74) is 4.54. The molecule has 6 rings (SSSR count). The fourth-order valence-corrected chi connectivity index (χ4v) is 5.25. The smallest absolute Gasteiger partial charge is 0.411 e. The van der Waals surface area contributed by atoms with Gasteiger partial charge in [0.1, 0.15) is 11.7 Å². The van der Waals surface area contributed by atoms with E-state index in [4.69, 9.17) is 11.6 Å². The van der Waals surface area contributed by atoms with Gasteiger partial charge in [0.2, 0.25) is 11.9 Å². The van der Waals surface area contributed by atoms with Crippen LogP contribution >= 0.6 is 11.6 Å². The monoisotopic (exact) mass is 605 g/mol. The highest BCUT2D eigenvalue weighted by Gasteiger charge is 2.34. The quantitative estimate of drug-likeness (QED) is 0.122. The van der Waals surface area contributed by atoms with Gasteiger partial charge in [-0.25, -0.2) is 23.2 Å². The molecule has 2 aromatic carbocycles. The third kappa shape index (κ3) is 6.21. The van der Waals surface area contributed by atoms with Crippen molar-refractivity contribution < 1.29 is 28.2 Å². The molecule has 0 bridgehead atoms. The maximum absolute atomic E-state index is 13.2. The molecule has 0 saturated heterocycles. The minimum atomic E-state index is -2.64. The number of H-pyrrole nitrogens is 1. The van der Waals surface area contributed by atoms with E-state index >= 15 is 0 Å². The van der Waals surface area contributed by atoms with Crippen LogP contribution in [0.15, 0.2) is 79.4 Å². The van der Waals surface area contributed by atoms with Gasteiger partial charge in [-0.2, -0.15) is 5.10 Å². The molecule has 3 heterocycles. The topological polar surface area (TPSA) is 109 Å². The lowest BCUT2D eigenvalue weighted by Crippen LogP contribution is -2.37. The molecule has 1 fully saturated rings. The number of ether oxygens (including phenoxy) is 1. The molecule has 220 valence electrons. The molecule has 1 amide bonds. The number of hydrogen-bond donors (Lipinski definition) is 3. The van der Waals surface area contributed by atoms with Crippen molar-refractivity contribution in [3.8, 4) is 28.1 Å². The van der Waals surface area contributed by atoms with Gasteiger partial charge >= 0.3 is 6.09 Å². The number of nitrogens with one attached hydrogen (secondary N) is 2. The molecule has 0 radical (unpaired) electrons. The van der Waals surface area contributed by atoms with Gasteiger partial charge in [-0.3, -0.25) is 10.5 Å². The van der Waals surface area contributed by atoms with E-state index in [1.165, 1.54) is 18.0 Å². The molecule has 3 N–H and O–H groups in total. The Kier molecular flexibility index (Phi) is 7.81. The van der Waals surface area contributed by atoms with Crippen LogP contribution in [-0.4, -0.2) is 38.2 Å². The Morgan fingerprint density at radius 2 is 1.93 bits per heavy atom. The number of pyridine rings is 1. The Bertz CT molecular complexity index is 1770. The first kappa shape index (κ1) is 28.4. The van der Waals surface area contributed by atoms with Crippen molar-refractivity contribution in [2.45, 2.75) is 31.6 Å². The molecule has 9 nitrogen and oxygen atoms in total. The first-order valence-corrected chi connectivity index (χ1v) is 14.0. The van der Waals surface area contributed by atoms with Gasteiger partial charge in [0, 0.05) is 33.3 Å². The van der Waals surface area contributed by atoms with Crippen LogP contribution in [0.2, 0.25) is 5.02 Å². The summed E-state index contributed by atoms with van der Waals surface area (Å²) >= 11 is 6.31. The van der Waals surface area contributed by atoms with Crippen molar-refractivity contribution in [2.24, 2.45) is 5.92 Å². The maximum atomic E-state index is 13.2. The van der Waals surface area contributed by atoms with Crippen molar-refractivity contribution in [3.05, 3.63) is 101 Å². The number of hydrogen-bond acceptors (Lipinski definition) is 5. The van der Waals surface area contributed by atoms with Gasteiger partial charge in [0.15, 0.2) is 0 Å². The summed E-state index contributed by atoms with van der Waals surface area (Å²) in [5.74, 6) is 1.04. The zero-order valence-electron chi connectivity index (χ0n) is 23.0. The third-order valence-corrected chi connectivity index (χ3v) is 7.74. The fraction of sp³-hybridized carbons (Fsp3) is 0.226. The Labute approximate surface area is 250 Å². The van der Waals surface area contributed by atoms with Gasteiger partial charge in [-0.15, -0.1) is 0 Å². The van der Waals surface area contributed by atoms with E-state index in [0.29, 0.717) is 45.0 Å². The summed E-state index contributed by atoms with van der Waals surface area (Å²) < 4.78 is 33.6. The summed E-state index contributed by atoms with van der Waals surface area (Å²) in [5, 5.41) is 18.4. The van der Waals surface area contributed by atoms with Crippen LogP contribution in [-0.2, 0) is 4.74 Å². The number of methoxy groups -OCH3 is 1. The molecule has 1 saturated carbocycles. The lowest BCUT2D eigenvalue weighted by Gasteiger charge is -2.13. The minimum absolute atomic E-state index is 0.192. The Hall–Kier alpha value is -4.77. The fourth-order valence-electron chi connectivity index (χ4n) is 5.08. The van der Waals surface area contributed by atoms with E-state index in [2.05, 4.69) is 25.1 Å². The second-order valence-corrected chi connectivity index (χ2v) is 10.9. The number of benzene rings is 2. The highest BCUT2D eigenvalue weighted by molar-refractivity contribution is 6.31. The van der Waals surface area contributed by atoms with Crippen LogP contribution in [0.4, 0.5) is 19.3 Å². The van der Waals surface area contributed by atoms with Gasteiger partial charge in [-0.05, 0) is 54.3 Å². The lowest BCUT2D eigenvalue weighted by molar-refractivity contribution is -0.909. The number of rotatable bonds is 9. The number of aromatic amines is 1. The second-order valence-electron chi connectivity index (χ2n) is 10.5. The summed E-state index contributed by atoms with van der Waals surface area (Å²) in [6.07, 6.45) is 5.61. The highest BCUT2D eigenvalue weighted by atomic mass is 35.5. The minimum Gasteiger partial charge on any atom is -0.453 e. The molecule has 1 aliphatic carbocycles. The number of halogens is 3. The number of amides is 1. The van der Waals surface area contributed by atoms with E-state index in [0.717, 1.165) is 41.4 Å². The Morgan fingerprint density at radius 3 is 2.60 bits per heavy atom. The first-order valence-electron chi connectivity index (χ1n) is 13.7. The van der Waals surface area contributed by atoms with E-state index in [1.807, 2.05) is 24.3 Å². The normalized spacial score (nSPS) is 13.7. The van der Waals surface area contributed by atoms with Crippen molar-refractivity contribution in [3.63, 3.8) is 0 Å². The molecule has 43 heavy (non-hydrogen) atoms. The molecular formula is C31H28ClF2N6O3+. The molecule has 0 spiro atoms. The third-order valence-electron chi connectivity index (χ3n) is 7.51. The second kappa shape index (κ2) is 11.8. The maximum Gasteiger partial charge on any atom is 0.411 e. The van der Waals surface area contributed by atoms with E-state index in [-0.39, 0.29) is 11.5 Å². The number of imidazole rings is 1. The number of aromatic nitrogens is 5. The summed E-state index contributed by atoms with van der Waals surface area (Å²) in [4.78, 5) is 19.6. The Balaban J connectivity index is 1.31. The number of anilines is 1. The molecule has 12 heteroatoms. The summed E-state index contributed by atoms with van der Waals surface area (Å²) in [6, 6.07) is 16.1. The van der Waals surface area contributed by atoms with Crippen molar-refractivity contribution in [2.75, 3.05) is 12.4 Å². The molecular weight excluding hydrogens is 578 g/mol. The predicted octanol–water partition coefficient (Wildman–Crippen LogP) is 7.16. The number of carbonyl (C=O) groups excluding carboxylic acids is 1. The standard InChI is InChI=1S/C31H27ClF2N6O3/c1-43-31(41)37-23-8-4-19(5-9-23)26-15-35-30(38-26)25(12-18-2-3-18)28-10-6-20(17-40(28)42)24-13-22(32)7-11-27(24)39-16-21(14-36-39)29(33)34/h4-11,13-18,25,29H,2-3,12H2,1H3,(H2-,35,37,38,41,42)/p+1.